The molecule has 1 aromatic rings. The number of aromatic amines is 1. The fraction of sp³-hybridized carbons (Fsp3) is 0.286. The SMILES string of the molecule is Cc1cc[nH]c1C(=O)CO. The molecule has 0 aliphatic rings. The Morgan fingerprint density at radius 2 is 2.50 bits per heavy atom. The molecule has 3 heteroatoms. The molecule has 54 valence electrons. The molecule has 10 heavy (non-hydrogen) atoms. The molecule has 0 bridgehead atoms. The van der Waals surface area contributed by atoms with Crippen molar-refractivity contribution < 1.29 is 9.90 Å². The van der Waals surface area contributed by atoms with E-state index in [1.165, 1.54) is 0 Å². The van der Waals surface area contributed by atoms with Gasteiger partial charge in [-0.25, -0.2) is 0 Å². The van der Waals surface area contributed by atoms with Crippen LogP contribution in [0, 0.1) is 6.92 Å². The van der Waals surface area contributed by atoms with Crippen molar-refractivity contribution in [3.8, 4) is 0 Å². The second-order valence-electron chi connectivity index (χ2n) is 2.12. The number of hydrogen-bond acceptors (Lipinski definition) is 2. The summed E-state index contributed by atoms with van der Waals surface area (Å²) in [5.41, 5.74) is 1.38. The number of carbonyl (C=O) groups excluding carboxylic acids is 1. The van der Waals surface area contributed by atoms with Gasteiger partial charge in [-0.15, -0.1) is 0 Å². The number of ketones is 1. The van der Waals surface area contributed by atoms with Crippen LogP contribution >= 0.6 is 0 Å². The molecule has 1 heterocycles. The highest BCUT2D eigenvalue weighted by molar-refractivity contribution is 5.96. The Bertz CT molecular complexity index is 240. The number of H-pyrrole nitrogens is 1. The van der Waals surface area contributed by atoms with Crippen LogP contribution in [0.2, 0.25) is 0 Å². The summed E-state index contributed by atoms with van der Waals surface area (Å²) in [6.45, 7) is 1.39. The van der Waals surface area contributed by atoms with E-state index in [9.17, 15) is 4.79 Å². The summed E-state index contributed by atoms with van der Waals surface area (Å²) >= 11 is 0. The highest BCUT2D eigenvalue weighted by Gasteiger charge is 2.06. The molecule has 1 rings (SSSR count). The minimum Gasteiger partial charge on any atom is -0.388 e. The van der Waals surface area contributed by atoms with Crippen molar-refractivity contribution in [3.05, 3.63) is 23.5 Å². The molecule has 0 amide bonds. The fourth-order valence-electron chi connectivity index (χ4n) is 0.827. The van der Waals surface area contributed by atoms with Gasteiger partial charge in [0.25, 0.3) is 0 Å². The van der Waals surface area contributed by atoms with Gasteiger partial charge in [-0.2, -0.15) is 0 Å². The van der Waals surface area contributed by atoms with Crippen molar-refractivity contribution in [2.45, 2.75) is 6.92 Å². The number of carbonyl (C=O) groups is 1. The number of nitrogens with one attached hydrogen (secondary N) is 1. The van der Waals surface area contributed by atoms with Crippen molar-refractivity contribution in [1.82, 2.24) is 4.98 Å². The molecular formula is C7H9NO2. The Labute approximate surface area is 58.7 Å². The summed E-state index contributed by atoms with van der Waals surface area (Å²) in [5.74, 6) is -0.262. The van der Waals surface area contributed by atoms with Crippen LogP contribution in [0.4, 0.5) is 0 Å². The van der Waals surface area contributed by atoms with E-state index in [1.807, 2.05) is 6.92 Å². The quantitative estimate of drug-likeness (QED) is 0.586. The van der Waals surface area contributed by atoms with Crippen molar-refractivity contribution in [2.24, 2.45) is 0 Å². The van der Waals surface area contributed by atoms with E-state index in [1.54, 1.807) is 12.3 Å². The predicted molar refractivity (Wildman–Crippen MR) is 36.9 cm³/mol. The van der Waals surface area contributed by atoms with E-state index >= 15 is 0 Å². The number of aryl methyl sites for hydroxylation is 1. The van der Waals surface area contributed by atoms with Gasteiger partial charge in [-0.1, -0.05) is 0 Å². The first-order chi connectivity index (χ1) is 4.75. The van der Waals surface area contributed by atoms with Gasteiger partial charge in [-0.3, -0.25) is 4.79 Å². The Morgan fingerprint density at radius 3 is 2.90 bits per heavy atom. The monoisotopic (exact) mass is 139 g/mol. The Balaban J connectivity index is 2.93. The van der Waals surface area contributed by atoms with Crippen LogP contribution in [0.25, 0.3) is 0 Å². The summed E-state index contributed by atoms with van der Waals surface area (Å²) in [6, 6.07) is 1.79. The Morgan fingerprint density at radius 1 is 1.80 bits per heavy atom. The van der Waals surface area contributed by atoms with Gasteiger partial charge in [0.15, 0.2) is 0 Å². The maximum absolute atomic E-state index is 10.8. The van der Waals surface area contributed by atoms with Crippen molar-refractivity contribution in [1.29, 1.82) is 0 Å². The minimum atomic E-state index is -0.429. The molecule has 3 nitrogen and oxygen atoms in total. The molecule has 0 radical (unpaired) electrons. The third-order valence-electron chi connectivity index (χ3n) is 1.38. The first-order valence-corrected chi connectivity index (χ1v) is 3.03. The molecule has 0 aliphatic heterocycles. The van der Waals surface area contributed by atoms with E-state index < -0.39 is 6.61 Å². The van der Waals surface area contributed by atoms with E-state index in [0.29, 0.717) is 5.69 Å². The smallest absolute Gasteiger partial charge is 0.204 e. The van der Waals surface area contributed by atoms with Crippen LogP contribution in [0.3, 0.4) is 0 Å². The summed E-state index contributed by atoms with van der Waals surface area (Å²) in [7, 11) is 0. The first-order valence-electron chi connectivity index (χ1n) is 3.03. The second-order valence-corrected chi connectivity index (χ2v) is 2.12. The second kappa shape index (κ2) is 2.66. The summed E-state index contributed by atoms with van der Waals surface area (Å²) < 4.78 is 0. The lowest BCUT2D eigenvalue weighted by Gasteiger charge is -1.92. The molecule has 0 aromatic carbocycles. The zero-order valence-corrected chi connectivity index (χ0v) is 5.72. The lowest BCUT2D eigenvalue weighted by Crippen LogP contribution is -2.05. The number of Topliss-reactive ketones (excluding diaryl/α,β-unsaturated/α-hetero) is 1. The van der Waals surface area contributed by atoms with E-state index in [0.717, 1.165) is 5.56 Å². The van der Waals surface area contributed by atoms with Crippen LogP contribution in [0.1, 0.15) is 16.1 Å². The third kappa shape index (κ3) is 1.09. The Kier molecular flexibility index (Phi) is 1.87. The van der Waals surface area contributed by atoms with E-state index in [4.69, 9.17) is 5.11 Å². The molecule has 0 aliphatic carbocycles. The average Bonchev–Trinajstić information content (AvgIpc) is 2.34. The van der Waals surface area contributed by atoms with Crippen LogP contribution in [-0.4, -0.2) is 22.5 Å². The van der Waals surface area contributed by atoms with Crippen LogP contribution in [0.5, 0.6) is 0 Å². The molecule has 1 aromatic heterocycles. The normalized spacial score (nSPS) is 9.80. The molecule has 2 N–H and O–H groups in total. The molecule has 0 atom stereocenters. The number of aromatic nitrogens is 1. The summed E-state index contributed by atoms with van der Waals surface area (Å²) in [4.78, 5) is 13.6. The standard InChI is InChI=1S/C7H9NO2/c1-5-2-3-8-7(5)6(10)4-9/h2-3,8-9H,4H2,1H3. The maximum atomic E-state index is 10.8. The van der Waals surface area contributed by atoms with Gasteiger partial charge < -0.3 is 10.1 Å². The minimum absolute atomic E-state index is 0.262. The Hall–Kier alpha value is -1.09. The van der Waals surface area contributed by atoms with Crippen molar-refractivity contribution in [2.75, 3.05) is 6.61 Å². The number of aliphatic hydroxyl groups excluding tert-OH is 1. The fourth-order valence-corrected chi connectivity index (χ4v) is 0.827. The van der Waals surface area contributed by atoms with Gasteiger partial charge in [0, 0.05) is 6.20 Å². The summed E-state index contributed by atoms with van der Waals surface area (Å²) in [6.07, 6.45) is 1.68. The zero-order chi connectivity index (χ0) is 7.56. The van der Waals surface area contributed by atoms with Crippen LogP contribution in [0.15, 0.2) is 12.3 Å². The van der Waals surface area contributed by atoms with Crippen molar-refractivity contribution >= 4 is 5.78 Å². The highest BCUT2D eigenvalue weighted by atomic mass is 16.3. The molecule has 0 unspecified atom stereocenters. The van der Waals surface area contributed by atoms with E-state index in [-0.39, 0.29) is 5.78 Å². The van der Waals surface area contributed by atoms with Gasteiger partial charge in [0.05, 0.1) is 5.69 Å². The molecule has 0 spiro atoms. The van der Waals surface area contributed by atoms with Crippen molar-refractivity contribution in [3.63, 3.8) is 0 Å². The van der Waals surface area contributed by atoms with Crippen LogP contribution < -0.4 is 0 Å². The summed E-state index contributed by atoms with van der Waals surface area (Å²) in [5, 5.41) is 8.46. The van der Waals surface area contributed by atoms with Gasteiger partial charge >= 0.3 is 0 Å². The van der Waals surface area contributed by atoms with Crippen LogP contribution in [-0.2, 0) is 0 Å². The first kappa shape index (κ1) is 7.02. The predicted octanol–water partition coefficient (Wildman–Crippen LogP) is 0.498. The van der Waals surface area contributed by atoms with Gasteiger partial charge in [0.1, 0.15) is 6.61 Å². The number of rotatable bonds is 2. The lowest BCUT2D eigenvalue weighted by molar-refractivity contribution is 0.0898. The van der Waals surface area contributed by atoms with Gasteiger partial charge in [-0.05, 0) is 18.6 Å². The third-order valence-corrected chi connectivity index (χ3v) is 1.38. The highest BCUT2D eigenvalue weighted by Crippen LogP contribution is 2.04. The molecule has 0 saturated heterocycles. The average molecular weight is 139 g/mol. The topological polar surface area (TPSA) is 53.1 Å². The maximum Gasteiger partial charge on any atom is 0.204 e. The molecule has 0 saturated carbocycles. The largest absolute Gasteiger partial charge is 0.388 e. The van der Waals surface area contributed by atoms with Gasteiger partial charge in [0.2, 0.25) is 5.78 Å². The lowest BCUT2D eigenvalue weighted by atomic mass is 10.2. The van der Waals surface area contributed by atoms with E-state index in [2.05, 4.69) is 4.98 Å². The molecular weight excluding hydrogens is 130 g/mol. The number of aliphatic hydroxyl groups is 1. The zero-order valence-electron chi connectivity index (χ0n) is 5.72. The number of hydrogen-bond donors (Lipinski definition) is 2. The molecule has 0 fully saturated rings.